The predicted octanol–water partition coefficient (Wildman–Crippen LogP) is 11.6. The van der Waals surface area contributed by atoms with Crippen LogP contribution in [0, 0.1) is 62.6 Å². The summed E-state index contributed by atoms with van der Waals surface area (Å²) in [5, 5.41) is 0. The molecule has 0 bridgehead atoms. The van der Waals surface area contributed by atoms with Crippen LogP contribution in [0.1, 0.15) is 138 Å². The second kappa shape index (κ2) is 14.3. The number of H-pyrrole nitrogens is 1. The lowest BCUT2D eigenvalue weighted by atomic mass is 9.33. The summed E-state index contributed by atoms with van der Waals surface area (Å²) in [7, 11) is 0. The lowest BCUT2D eigenvalue weighted by Crippen LogP contribution is -2.66. The third-order valence-corrected chi connectivity index (χ3v) is 18.8. The smallest absolute Gasteiger partial charge is 0.309 e. The zero-order valence-corrected chi connectivity index (χ0v) is 37.7. The summed E-state index contributed by atoms with van der Waals surface area (Å²) in [6, 6.07) is 20.2. The molecule has 5 fully saturated rings. The molecule has 9 rings (SSSR count). The molecule has 1 aromatic heterocycles. The molecule has 6 aliphatic rings. The Morgan fingerprint density at radius 3 is 2.13 bits per heavy atom. The Morgan fingerprint density at radius 1 is 0.767 bits per heavy atom. The van der Waals surface area contributed by atoms with Gasteiger partial charge in [-0.05, 0) is 125 Å². The normalized spacial score (nSPS) is 37.6. The first-order chi connectivity index (χ1) is 28.4. The molecule has 6 aliphatic carbocycles. The standard InChI is InChI=1S/C53H68N2O5/c1-32(2)43-39(56)29-53(47-54-30-38(55-47)34-18-14-11-15-19-34)27-26-51(8)35(44(43)53)20-21-41-50(7)24-23-42(49(5,6)40(50)22-25-52(41,51)9)60-46(58)37-28-36(48(37,3)4)45(57)59-31-33-16-12-10-13-17-33/h10-19,30,32,35-37,40-42H,20-29,31H2,1-9H3,(H,54,55)/t35-,36+,37-,40+,41-,42+,50+,51-,52-,53-/m1/s1. The van der Waals surface area contributed by atoms with Crippen LogP contribution in [0.25, 0.3) is 11.3 Å². The minimum Gasteiger partial charge on any atom is -0.462 e. The van der Waals surface area contributed by atoms with Crippen LogP contribution < -0.4 is 0 Å². The van der Waals surface area contributed by atoms with Crippen molar-refractivity contribution >= 4 is 17.7 Å². The summed E-state index contributed by atoms with van der Waals surface area (Å²) in [4.78, 5) is 50.3. The number of carbonyl (C=O) groups is 3. The van der Waals surface area contributed by atoms with Gasteiger partial charge in [0.15, 0.2) is 5.78 Å². The van der Waals surface area contributed by atoms with E-state index in [1.807, 2.05) is 56.4 Å². The number of nitrogens with zero attached hydrogens (tertiary/aromatic N) is 1. The van der Waals surface area contributed by atoms with Crippen LogP contribution in [0.15, 0.2) is 78.0 Å². The summed E-state index contributed by atoms with van der Waals surface area (Å²) in [5.74, 6) is 1.74. The number of fused-ring (bicyclic) bond motifs is 7. The highest BCUT2D eigenvalue weighted by molar-refractivity contribution is 6.01. The lowest BCUT2D eigenvalue weighted by molar-refractivity contribution is -0.235. The molecular weight excluding hydrogens is 745 g/mol. The van der Waals surface area contributed by atoms with Crippen LogP contribution in [0.4, 0.5) is 0 Å². The number of ether oxygens (including phenoxy) is 2. The highest BCUT2D eigenvalue weighted by atomic mass is 16.5. The molecular formula is C53H68N2O5. The summed E-state index contributed by atoms with van der Waals surface area (Å²) in [6.07, 6.45) is 11.2. The minimum absolute atomic E-state index is 0.0460. The molecule has 7 heteroatoms. The Labute approximate surface area is 358 Å². The largest absolute Gasteiger partial charge is 0.462 e. The van der Waals surface area contributed by atoms with E-state index in [-0.39, 0.29) is 69.5 Å². The Balaban J connectivity index is 0.934. The van der Waals surface area contributed by atoms with Gasteiger partial charge in [0, 0.05) is 11.8 Å². The molecule has 10 atom stereocenters. The van der Waals surface area contributed by atoms with Gasteiger partial charge in [-0.3, -0.25) is 14.4 Å². The fourth-order valence-electron chi connectivity index (χ4n) is 15.2. The van der Waals surface area contributed by atoms with Crippen molar-refractivity contribution in [2.45, 2.75) is 145 Å². The summed E-state index contributed by atoms with van der Waals surface area (Å²) in [6.45, 7) is 21.3. The molecule has 60 heavy (non-hydrogen) atoms. The molecule has 1 heterocycles. The molecule has 320 valence electrons. The second-order valence-corrected chi connectivity index (χ2v) is 22.3. The van der Waals surface area contributed by atoms with Gasteiger partial charge in [0.05, 0.1) is 29.1 Å². The molecule has 0 spiro atoms. The maximum absolute atomic E-state index is 14.3. The predicted molar refractivity (Wildman–Crippen MR) is 234 cm³/mol. The van der Waals surface area contributed by atoms with E-state index in [1.54, 1.807) is 0 Å². The van der Waals surface area contributed by atoms with Gasteiger partial charge in [0.25, 0.3) is 0 Å². The van der Waals surface area contributed by atoms with Gasteiger partial charge in [-0.1, -0.05) is 123 Å². The third-order valence-electron chi connectivity index (χ3n) is 18.8. The monoisotopic (exact) mass is 813 g/mol. The van der Waals surface area contributed by atoms with Crippen LogP contribution in [-0.4, -0.2) is 33.8 Å². The van der Waals surface area contributed by atoms with Crippen LogP contribution in [0.2, 0.25) is 0 Å². The number of aromatic nitrogens is 2. The van der Waals surface area contributed by atoms with Crippen molar-refractivity contribution in [3.8, 4) is 11.3 Å². The SMILES string of the molecule is CC(C)C1=C2[C@H]3CC[C@@H]4[C@@]5(C)CC[C@H](OC(=O)[C@H]6C[C@@H](C(=O)OCc7ccccc7)C6(C)C)C(C)(C)[C@@H]5CC[C@@]4(C)[C@]3(C)CC[C@@]2(c2ncc(-c3ccccc3)[nH]2)CC1=O. The summed E-state index contributed by atoms with van der Waals surface area (Å²) < 4.78 is 12.3. The molecule has 0 aliphatic heterocycles. The first kappa shape index (κ1) is 41.4. The van der Waals surface area contributed by atoms with Crippen molar-refractivity contribution in [3.05, 3.63) is 89.4 Å². The first-order valence-corrected chi connectivity index (χ1v) is 23.2. The van der Waals surface area contributed by atoms with E-state index in [1.165, 1.54) is 5.57 Å². The number of hydrogen-bond acceptors (Lipinski definition) is 6. The maximum atomic E-state index is 14.3. The maximum Gasteiger partial charge on any atom is 0.309 e. The van der Waals surface area contributed by atoms with Crippen molar-refractivity contribution in [1.82, 2.24) is 9.97 Å². The summed E-state index contributed by atoms with van der Waals surface area (Å²) >= 11 is 0. The lowest BCUT2D eigenvalue weighted by Gasteiger charge is -2.72. The second-order valence-electron chi connectivity index (χ2n) is 22.3. The number of allylic oxidation sites excluding steroid dienone is 2. The number of ketones is 1. The fourth-order valence-corrected chi connectivity index (χ4v) is 15.2. The number of esters is 2. The molecule has 0 saturated heterocycles. The average molecular weight is 813 g/mol. The highest BCUT2D eigenvalue weighted by Gasteiger charge is 2.71. The van der Waals surface area contributed by atoms with Crippen LogP contribution in [0.3, 0.4) is 0 Å². The minimum atomic E-state index is -0.521. The Kier molecular flexibility index (Phi) is 9.84. The molecule has 3 aromatic rings. The van der Waals surface area contributed by atoms with Gasteiger partial charge < -0.3 is 14.5 Å². The Hall–Kier alpha value is -4.00. The zero-order chi connectivity index (χ0) is 42.6. The molecule has 2 aromatic carbocycles. The van der Waals surface area contributed by atoms with Crippen LogP contribution in [0.5, 0.6) is 0 Å². The van der Waals surface area contributed by atoms with E-state index in [2.05, 4.69) is 77.7 Å². The Morgan fingerprint density at radius 2 is 1.45 bits per heavy atom. The van der Waals surface area contributed by atoms with Crippen molar-refractivity contribution < 1.29 is 23.9 Å². The van der Waals surface area contributed by atoms with E-state index in [0.717, 1.165) is 79.6 Å². The van der Waals surface area contributed by atoms with Crippen molar-refractivity contribution in [1.29, 1.82) is 0 Å². The van der Waals surface area contributed by atoms with Gasteiger partial charge >= 0.3 is 11.9 Å². The van der Waals surface area contributed by atoms with Gasteiger partial charge in [0.2, 0.25) is 0 Å². The van der Waals surface area contributed by atoms with Crippen LogP contribution >= 0.6 is 0 Å². The van der Waals surface area contributed by atoms with Gasteiger partial charge in [0.1, 0.15) is 18.5 Å². The molecule has 0 amide bonds. The number of rotatable bonds is 8. The van der Waals surface area contributed by atoms with Crippen molar-refractivity contribution in [3.63, 3.8) is 0 Å². The zero-order valence-electron chi connectivity index (χ0n) is 37.7. The Bertz CT molecular complexity index is 2200. The number of carbonyl (C=O) groups excluding carboxylic acids is 3. The van der Waals surface area contributed by atoms with Crippen LogP contribution in [-0.2, 0) is 35.9 Å². The van der Waals surface area contributed by atoms with E-state index in [0.29, 0.717) is 36.4 Å². The number of hydrogen-bond donors (Lipinski definition) is 1. The number of nitrogens with one attached hydrogen (secondary N) is 1. The van der Waals surface area contributed by atoms with Crippen molar-refractivity contribution in [2.75, 3.05) is 0 Å². The van der Waals surface area contributed by atoms with Crippen molar-refractivity contribution in [2.24, 2.45) is 62.6 Å². The van der Waals surface area contributed by atoms with Gasteiger partial charge in [-0.25, -0.2) is 4.98 Å². The molecule has 1 N–H and O–H groups in total. The first-order valence-electron chi connectivity index (χ1n) is 23.2. The van der Waals surface area contributed by atoms with E-state index < -0.39 is 5.41 Å². The van der Waals surface area contributed by atoms with Gasteiger partial charge in [-0.2, -0.15) is 0 Å². The van der Waals surface area contributed by atoms with Gasteiger partial charge in [-0.15, -0.1) is 0 Å². The molecule has 0 unspecified atom stereocenters. The number of Topliss-reactive ketones (excluding diaryl/α,β-unsaturated/α-hetero) is 1. The quantitative estimate of drug-likeness (QED) is 0.228. The van der Waals surface area contributed by atoms with E-state index in [9.17, 15) is 14.4 Å². The van der Waals surface area contributed by atoms with E-state index >= 15 is 0 Å². The van der Waals surface area contributed by atoms with E-state index in [4.69, 9.17) is 14.5 Å². The number of aromatic amines is 1. The number of benzene rings is 2. The molecule has 5 saturated carbocycles. The highest BCUT2D eigenvalue weighted by Crippen LogP contribution is 2.77. The average Bonchev–Trinajstić information content (AvgIpc) is 3.83. The summed E-state index contributed by atoms with van der Waals surface area (Å²) in [5.41, 5.74) is 4.77. The fraction of sp³-hybridized carbons (Fsp3) is 0.623. The number of imidazole rings is 1. The third kappa shape index (κ3) is 5.93. The topological polar surface area (TPSA) is 98.3 Å². The molecule has 0 radical (unpaired) electrons. The molecule has 7 nitrogen and oxygen atoms in total.